The van der Waals surface area contributed by atoms with Gasteiger partial charge in [-0.1, -0.05) is 6.07 Å². The van der Waals surface area contributed by atoms with Crippen LogP contribution < -0.4 is 5.46 Å². The van der Waals surface area contributed by atoms with Gasteiger partial charge in [0.25, 0.3) is 0 Å². The lowest BCUT2D eigenvalue weighted by Gasteiger charge is -2.32. The van der Waals surface area contributed by atoms with Gasteiger partial charge in [-0.25, -0.2) is 14.5 Å². The minimum atomic E-state index is -0.610. The number of aromatic nitrogens is 3. The third-order valence-corrected chi connectivity index (χ3v) is 5.73. The average molecular weight is 393 g/mol. The molecule has 1 aliphatic rings. The molecule has 8 heteroatoms. The van der Waals surface area contributed by atoms with Crippen LogP contribution in [0.4, 0.5) is 0 Å². The topological polar surface area (TPSA) is 75.5 Å². The van der Waals surface area contributed by atoms with Crippen LogP contribution in [0.25, 0.3) is 16.7 Å². The van der Waals surface area contributed by atoms with Crippen molar-refractivity contribution in [3.63, 3.8) is 0 Å². The Morgan fingerprint density at radius 1 is 1.14 bits per heavy atom. The lowest BCUT2D eigenvalue weighted by molar-refractivity contribution is 0.00578. The highest BCUT2D eigenvalue weighted by Crippen LogP contribution is 2.37. The maximum Gasteiger partial charge on any atom is 0.494 e. The minimum Gasteiger partial charge on any atom is -0.465 e. The van der Waals surface area contributed by atoms with Gasteiger partial charge < -0.3 is 14.0 Å². The highest BCUT2D eigenvalue weighted by molar-refractivity contribution is 6.62. The van der Waals surface area contributed by atoms with Crippen LogP contribution in [0.3, 0.4) is 0 Å². The van der Waals surface area contributed by atoms with E-state index in [-0.39, 0.29) is 0 Å². The SMILES string of the molecule is COC(=O)c1cc(B2OC(C)(C)C(C)(C)O2)cc2c1cnn2-c1cccc(C)n1. The molecular formula is C21H24BN3O4. The van der Waals surface area contributed by atoms with E-state index in [2.05, 4.69) is 10.1 Å². The van der Waals surface area contributed by atoms with Crippen LogP contribution in [-0.2, 0) is 14.0 Å². The summed E-state index contributed by atoms with van der Waals surface area (Å²) in [6.07, 6.45) is 1.65. The van der Waals surface area contributed by atoms with Crippen molar-refractivity contribution in [2.75, 3.05) is 7.11 Å². The highest BCUT2D eigenvalue weighted by Gasteiger charge is 2.52. The normalized spacial score (nSPS) is 17.7. The molecule has 0 aliphatic carbocycles. The highest BCUT2D eigenvalue weighted by atomic mass is 16.7. The summed E-state index contributed by atoms with van der Waals surface area (Å²) in [7, 11) is 0.754. The molecule has 1 fully saturated rings. The van der Waals surface area contributed by atoms with Gasteiger partial charge in [0.15, 0.2) is 5.82 Å². The summed E-state index contributed by atoms with van der Waals surface area (Å²) in [5, 5.41) is 5.15. The number of fused-ring (bicyclic) bond motifs is 1. The molecule has 0 atom stereocenters. The Morgan fingerprint density at radius 2 is 1.83 bits per heavy atom. The predicted molar refractivity (Wildman–Crippen MR) is 111 cm³/mol. The molecule has 4 rings (SSSR count). The van der Waals surface area contributed by atoms with E-state index in [1.54, 1.807) is 16.9 Å². The maximum absolute atomic E-state index is 12.5. The summed E-state index contributed by atoms with van der Waals surface area (Å²) in [5.41, 5.74) is 1.77. The zero-order valence-corrected chi connectivity index (χ0v) is 17.5. The van der Waals surface area contributed by atoms with Crippen LogP contribution in [0.1, 0.15) is 43.7 Å². The number of hydrogen-bond acceptors (Lipinski definition) is 6. The Kier molecular flexibility index (Phi) is 4.51. The molecule has 2 aromatic heterocycles. The quantitative estimate of drug-likeness (QED) is 0.503. The molecule has 7 nitrogen and oxygen atoms in total. The van der Waals surface area contributed by atoms with E-state index in [0.29, 0.717) is 16.8 Å². The summed E-state index contributed by atoms with van der Waals surface area (Å²) in [6.45, 7) is 9.90. The van der Waals surface area contributed by atoms with Gasteiger partial charge in [-0.15, -0.1) is 0 Å². The molecule has 1 aliphatic heterocycles. The number of ether oxygens (including phenoxy) is 1. The summed E-state index contributed by atoms with van der Waals surface area (Å²) in [4.78, 5) is 17.0. The molecular weight excluding hydrogens is 369 g/mol. The zero-order valence-electron chi connectivity index (χ0n) is 17.5. The fraction of sp³-hybridized carbons (Fsp3) is 0.381. The second-order valence-electron chi connectivity index (χ2n) is 8.27. The Morgan fingerprint density at radius 3 is 2.45 bits per heavy atom. The van der Waals surface area contributed by atoms with Gasteiger partial charge in [0, 0.05) is 11.1 Å². The van der Waals surface area contributed by atoms with Gasteiger partial charge in [-0.05, 0) is 64.3 Å². The Hall–Kier alpha value is -2.71. The zero-order chi connectivity index (χ0) is 21.0. The van der Waals surface area contributed by atoms with Crippen LogP contribution in [-0.4, -0.2) is 46.2 Å². The molecule has 0 spiro atoms. The van der Waals surface area contributed by atoms with Crippen molar-refractivity contribution in [3.05, 3.63) is 47.8 Å². The molecule has 1 saturated heterocycles. The maximum atomic E-state index is 12.5. The van der Waals surface area contributed by atoms with Gasteiger partial charge >= 0.3 is 13.1 Å². The largest absolute Gasteiger partial charge is 0.494 e. The number of benzene rings is 1. The summed E-state index contributed by atoms with van der Waals surface area (Å²) in [5.74, 6) is 0.229. The third-order valence-electron chi connectivity index (χ3n) is 5.73. The van der Waals surface area contributed by atoms with Crippen LogP contribution in [0.15, 0.2) is 36.5 Å². The molecule has 0 unspecified atom stereocenters. The van der Waals surface area contributed by atoms with Crippen LogP contribution in [0.5, 0.6) is 0 Å². The molecule has 3 aromatic rings. The fourth-order valence-electron chi connectivity index (χ4n) is 3.37. The summed E-state index contributed by atoms with van der Waals surface area (Å²) in [6, 6.07) is 9.40. The number of nitrogens with zero attached hydrogens (tertiary/aromatic N) is 3. The van der Waals surface area contributed by atoms with Crippen molar-refractivity contribution in [3.8, 4) is 5.82 Å². The number of hydrogen-bond donors (Lipinski definition) is 0. The lowest BCUT2D eigenvalue weighted by atomic mass is 9.77. The smallest absolute Gasteiger partial charge is 0.465 e. The average Bonchev–Trinajstić information content (AvgIpc) is 3.18. The summed E-state index contributed by atoms with van der Waals surface area (Å²) < 4.78 is 19.1. The van der Waals surface area contributed by atoms with E-state index in [0.717, 1.165) is 16.7 Å². The van der Waals surface area contributed by atoms with E-state index < -0.39 is 24.3 Å². The van der Waals surface area contributed by atoms with Gasteiger partial charge in [0.05, 0.1) is 35.6 Å². The molecule has 1 aromatic carbocycles. The molecule has 0 radical (unpaired) electrons. The standard InChI is InChI=1S/C21H24BN3O4/c1-13-8-7-9-18(24-13)25-17-11-14(22-28-20(2,3)21(4,5)29-22)10-15(19(26)27-6)16(17)12-23-25/h7-12H,1-6H3. The van der Waals surface area contributed by atoms with Crippen molar-refractivity contribution >= 4 is 29.5 Å². The number of esters is 1. The van der Waals surface area contributed by atoms with Crippen LogP contribution in [0, 0.1) is 6.92 Å². The molecule has 150 valence electrons. The molecule has 0 saturated carbocycles. The first-order valence-electron chi connectivity index (χ1n) is 9.52. The van der Waals surface area contributed by atoms with Gasteiger partial charge in [0.2, 0.25) is 0 Å². The molecule has 0 bridgehead atoms. The monoisotopic (exact) mass is 393 g/mol. The van der Waals surface area contributed by atoms with Gasteiger partial charge in [-0.3, -0.25) is 0 Å². The minimum absolute atomic E-state index is 0.411. The van der Waals surface area contributed by atoms with Crippen LogP contribution in [0.2, 0.25) is 0 Å². The molecule has 0 N–H and O–H groups in total. The number of methoxy groups -OCH3 is 1. The second kappa shape index (κ2) is 6.67. The van der Waals surface area contributed by atoms with Crippen molar-refractivity contribution in [2.24, 2.45) is 0 Å². The van der Waals surface area contributed by atoms with Crippen molar-refractivity contribution in [1.82, 2.24) is 14.8 Å². The predicted octanol–water partition coefficient (Wildman–Crippen LogP) is 2.81. The first-order valence-corrected chi connectivity index (χ1v) is 9.52. The number of aryl methyl sites for hydroxylation is 1. The molecule has 0 amide bonds. The number of rotatable bonds is 3. The Bertz CT molecular complexity index is 1090. The van der Waals surface area contributed by atoms with Crippen LogP contribution >= 0.6 is 0 Å². The van der Waals surface area contributed by atoms with Gasteiger partial charge in [-0.2, -0.15) is 5.10 Å². The van der Waals surface area contributed by atoms with E-state index in [1.807, 2.05) is 58.9 Å². The lowest BCUT2D eigenvalue weighted by Crippen LogP contribution is -2.41. The second-order valence-corrected chi connectivity index (χ2v) is 8.27. The van der Waals surface area contributed by atoms with Crippen molar-refractivity contribution in [2.45, 2.75) is 45.8 Å². The molecule has 3 heterocycles. The third kappa shape index (κ3) is 3.22. The van der Waals surface area contributed by atoms with E-state index >= 15 is 0 Å². The molecule has 29 heavy (non-hydrogen) atoms. The van der Waals surface area contributed by atoms with E-state index in [4.69, 9.17) is 14.0 Å². The summed E-state index contributed by atoms with van der Waals surface area (Å²) >= 11 is 0. The Labute approximate surface area is 170 Å². The first kappa shape index (κ1) is 19.6. The van der Waals surface area contributed by atoms with Gasteiger partial charge in [0.1, 0.15) is 0 Å². The van der Waals surface area contributed by atoms with E-state index in [9.17, 15) is 4.79 Å². The van der Waals surface area contributed by atoms with E-state index in [1.165, 1.54) is 7.11 Å². The number of carbonyl (C=O) groups is 1. The number of carbonyl (C=O) groups excluding carboxylic acids is 1. The first-order chi connectivity index (χ1) is 13.6. The van der Waals surface area contributed by atoms with Crippen molar-refractivity contribution in [1.29, 1.82) is 0 Å². The Balaban J connectivity index is 1.90. The van der Waals surface area contributed by atoms with Crippen molar-refractivity contribution < 1.29 is 18.8 Å². The fourth-order valence-corrected chi connectivity index (χ4v) is 3.37. The number of pyridine rings is 1.